The molecule has 8 heteroatoms. The molecule has 1 unspecified atom stereocenters. The highest BCUT2D eigenvalue weighted by Gasteiger charge is 2.33. The maximum atomic E-state index is 14.3. The van der Waals surface area contributed by atoms with Gasteiger partial charge in [-0.2, -0.15) is 5.26 Å². The van der Waals surface area contributed by atoms with Crippen LogP contribution in [0.4, 0.5) is 5.69 Å². The van der Waals surface area contributed by atoms with Gasteiger partial charge in [0.25, 0.3) is 0 Å². The second-order valence-corrected chi connectivity index (χ2v) is 12.1. The predicted molar refractivity (Wildman–Crippen MR) is 156 cm³/mol. The lowest BCUT2D eigenvalue weighted by Gasteiger charge is -2.38. The largest absolute Gasteiger partial charge is 0.481 e. The second kappa shape index (κ2) is 9.84. The van der Waals surface area contributed by atoms with Gasteiger partial charge in [-0.1, -0.05) is 41.5 Å². The van der Waals surface area contributed by atoms with Crippen LogP contribution in [-0.2, 0) is 15.8 Å². The van der Waals surface area contributed by atoms with Crippen molar-refractivity contribution in [1.29, 1.82) is 5.26 Å². The number of rotatable bonds is 6. The fourth-order valence-corrected chi connectivity index (χ4v) is 7.10. The zero-order chi connectivity index (χ0) is 27.3. The number of carbonyl (C=O) groups is 1. The maximum Gasteiger partial charge on any atom is 0.310 e. The highest BCUT2D eigenvalue weighted by molar-refractivity contribution is 7.83. The first-order valence-electron chi connectivity index (χ1n) is 12.6. The van der Waals surface area contributed by atoms with E-state index in [-0.39, 0.29) is 5.92 Å². The molecular weight excluding hydrogens is 526 g/mol. The van der Waals surface area contributed by atoms with Gasteiger partial charge in [-0.25, -0.2) is 4.21 Å². The summed E-state index contributed by atoms with van der Waals surface area (Å²) in [5.41, 5.74) is 7.19. The van der Waals surface area contributed by atoms with Crippen LogP contribution in [0, 0.1) is 31.1 Å². The van der Waals surface area contributed by atoms with Crippen molar-refractivity contribution >= 4 is 44.9 Å². The number of aryl methyl sites for hydroxylation is 2. The van der Waals surface area contributed by atoms with Crippen molar-refractivity contribution in [1.82, 2.24) is 3.97 Å². The first-order valence-corrected chi connectivity index (χ1v) is 14.5. The molecule has 0 saturated carbocycles. The van der Waals surface area contributed by atoms with Crippen molar-refractivity contribution in [2.45, 2.75) is 18.7 Å². The molecule has 0 spiro atoms. The molecule has 2 aromatic heterocycles. The zero-order valence-corrected chi connectivity index (χ0v) is 23.1. The Morgan fingerprint density at radius 1 is 1.03 bits per heavy atom. The molecule has 6 nitrogen and oxygen atoms in total. The van der Waals surface area contributed by atoms with E-state index in [1.807, 2.05) is 94.8 Å². The van der Waals surface area contributed by atoms with Crippen LogP contribution >= 0.6 is 11.3 Å². The summed E-state index contributed by atoms with van der Waals surface area (Å²) in [7, 11) is -1.57. The lowest BCUT2D eigenvalue weighted by Crippen LogP contribution is -2.50. The molecule has 1 atom stereocenters. The van der Waals surface area contributed by atoms with Crippen molar-refractivity contribution in [3.63, 3.8) is 0 Å². The normalized spacial score (nSPS) is 14.2. The third-order valence-corrected chi connectivity index (χ3v) is 9.43. The number of carboxylic acids is 1. The van der Waals surface area contributed by atoms with Crippen LogP contribution in [0.15, 0.2) is 83.1 Å². The Morgan fingerprint density at radius 3 is 2.49 bits per heavy atom. The van der Waals surface area contributed by atoms with Gasteiger partial charge in [-0.05, 0) is 61.7 Å². The van der Waals surface area contributed by atoms with Gasteiger partial charge in [0, 0.05) is 40.9 Å². The van der Waals surface area contributed by atoms with Gasteiger partial charge in [-0.15, -0.1) is 11.3 Å². The van der Waals surface area contributed by atoms with Gasteiger partial charge in [0.15, 0.2) is 11.0 Å². The van der Waals surface area contributed by atoms with E-state index in [4.69, 9.17) is 0 Å². The van der Waals surface area contributed by atoms with E-state index in [1.165, 1.54) is 11.3 Å². The molecule has 3 heterocycles. The van der Waals surface area contributed by atoms with Gasteiger partial charge >= 0.3 is 5.97 Å². The quantitative estimate of drug-likeness (QED) is 0.256. The Balaban J connectivity index is 1.63. The van der Waals surface area contributed by atoms with Crippen LogP contribution in [-0.4, -0.2) is 32.3 Å². The van der Waals surface area contributed by atoms with Gasteiger partial charge < -0.3 is 10.0 Å². The first-order chi connectivity index (χ1) is 18.9. The summed E-state index contributed by atoms with van der Waals surface area (Å²) in [5.74, 6) is -1.16. The molecule has 5 aromatic rings. The molecule has 3 aromatic carbocycles. The minimum Gasteiger partial charge on any atom is -0.481 e. The maximum absolute atomic E-state index is 14.3. The molecule has 6 rings (SSSR count). The van der Waals surface area contributed by atoms with Crippen molar-refractivity contribution < 1.29 is 14.1 Å². The number of fused-ring (bicyclic) bond motifs is 1. The van der Waals surface area contributed by atoms with Crippen LogP contribution in [0.1, 0.15) is 16.0 Å². The van der Waals surface area contributed by atoms with E-state index < -0.39 is 17.0 Å². The molecule has 1 saturated heterocycles. The summed E-state index contributed by atoms with van der Waals surface area (Å²) >= 11 is 1.39. The number of benzene rings is 3. The molecule has 0 bridgehead atoms. The van der Waals surface area contributed by atoms with Gasteiger partial charge in [-0.3, -0.25) is 8.77 Å². The first kappa shape index (κ1) is 25.1. The standard InChI is InChI=1S/C31H25N3O3S2/c1-19-6-9-24(10-7-19)39(37)34-27-11-8-20(2)14-26(27)29(25-12-13-38-28(25)16-32)30(34)21-4-3-5-23(15-21)33-17-22(18-33)31(35)36/h3-15,22H,17-18H2,1-2H3,(H,35,36). The lowest BCUT2D eigenvalue weighted by molar-refractivity contribution is -0.142. The average Bonchev–Trinajstić information content (AvgIpc) is 3.49. The number of anilines is 1. The fraction of sp³-hybridized carbons (Fsp3) is 0.161. The van der Waals surface area contributed by atoms with E-state index in [0.717, 1.165) is 50.1 Å². The Kier molecular flexibility index (Phi) is 6.34. The minimum absolute atomic E-state index is 0.378. The van der Waals surface area contributed by atoms with E-state index in [0.29, 0.717) is 22.9 Å². The number of thiophene rings is 1. The third kappa shape index (κ3) is 4.34. The number of nitriles is 1. The molecule has 1 aliphatic heterocycles. The molecule has 194 valence electrons. The lowest BCUT2D eigenvalue weighted by atomic mass is 9.96. The highest BCUT2D eigenvalue weighted by atomic mass is 32.2. The van der Waals surface area contributed by atoms with Crippen LogP contribution < -0.4 is 4.90 Å². The monoisotopic (exact) mass is 551 g/mol. The predicted octanol–water partition coefficient (Wildman–Crippen LogP) is 6.62. The Labute approximate surface area is 233 Å². The van der Waals surface area contributed by atoms with Gasteiger partial charge in [0.2, 0.25) is 0 Å². The zero-order valence-electron chi connectivity index (χ0n) is 21.4. The Hall–Kier alpha value is -4.19. The van der Waals surface area contributed by atoms with E-state index in [2.05, 4.69) is 12.1 Å². The van der Waals surface area contributed by atoms with E-state index >= 15 is 0 Å². The number of nitrogens with zero attached hydrogens (tertiary/aromatic N) is 3. The number of hydrogen-bond donors (Lipinski definition) is 1. The summed E-state index contributed by atoms with van der Waals surface area (Å²) in [5, 5.41) is 22.1. The van der Waals surface area contributed by atoms with Crippen molar-refractivity contribution in [3.05, 3.63) is 94.2 Å². The second-order valence-electron chi connectivity index (χ2n) is 9.87. The number of aromatic nitrogens is 1. The SMILES string of the molecule is Cc1ccc(S(=O)n2c(-c3cccc(N4CC(C(=O)O)C4)c3)c(-c3ccsc3C#N)c3cc(C)ccc32)cc1. The summed E-state index contributed by atoms with van der Waals surface area (Å²) in [6, 6.07) is 26.0. The Bertz CT molecular complexity index is 1810. The summed E-state index contributed by atoms with van der Waals surface area (Å²) in [4.78, 5) is 14.7. The number of aliphatic carboxylic acids is 1. The van der Waals surface area contributed by atoms with Crippen LogP contribution in [0.25, 0.3) is 33.3 Å². The van der Waals surface area contributed by atoms with Gasteiger partial charge in [0.05, 0.1) is 22.0 Å². The van der Waals surface area contributed by atoms with Crippen LogP contribution in [0.3, 0.4) is 0 Å². The molecule has 39 heavy (non-hydrogen) atoms. The molecule has 0 radical (unpaired) electrons. The number of carboxylic acid groups (broad SMARTS) is 1. The van der Waals surface area contributed by atoms with Gasteiger partial charge in [0.1, 0.15) is 10.9 Å². The van der Waals surface area contributed by atoms with Crippen molar-refractivity contribution in [2.75, 3.05) is 18.0 Å². The van der Waals surface area contributed by atoms with Crippen LogP contribution in [0.2, 0.25) is 0 Å². The van der Waals surface area contributed by atoms with E-state index in [1.54, 1.807) is 0 Å². The third-order valence-electron chi connectivity index (χ3n) is 7.22. The topological polar surface area (TPSA) is 86.3 Å². The fourth-order valence-electron chi connectivity index (χ4n) is 5.13. The van der Waals surface area contributed by atoms with Crippen molar-refractivity contribution in [3.8, 4) is 28.5 Å². The molecule has 1 fully saturated rings. The molecular formula is C31H25N3O3S2. The number of hydrogen-bond acceptors (Lipinski definition) is 5. The van der Waals surface area contributed by atoms with E-state index in [9.17, 15) is 19.4 Å². The molecule has 0 amide bonds. The summed E-state index contributed by atoms with van der Waals surface area (Å²) in [6.45, 7) is 4.93. The molecule has 0 aliphatic carbocycles. The average molecular weight is 552 g/mol. The Morgan fingerprint density at radius 2 is 1.77 bits per heavy atom. The smallest absolute Gasteiger partial charge is 0.310 e. The molecule has 1 N–H and O–H groups in total. The summed E-state index contributed by atoms with van der Waals surface area (Å²) < 4.78 is 16.2. The highest BCUT2D eigenvalue weighted by Crippen LogP contribution is 2.45. The minimum atomic E-state index is -1.57. The van der Waals surface area contributed by atoms with Crippen LogP contribution in [0.5, 0.6) is 0 Å². The summed E-state index contributed by atoms with van der Waals surface area (Å²) in [6.07, 6.45) is 0. The molecule has 1 aliphatic rings. The van der Waals surface area contributed by atoms with Crippen molar-refractivity contribution in [2.24, 2.45) is 5.92 Å².